The SMILES string of the molecule is COCCCCCNS(=O)(=O)CCOCCN. The number of nitrogens with one attached hydrogen (secondary N) is 1. The van der Waals surface area contributed by atoms with Crippen LogP contribution in [0.25, 0.3) is 0 Å². The fourth-order valence-electron chi connectivity index (χ4n) is 1.20. The molecule has 0 atom stereocenters. The third-order valence-corrected chi connectivity index (χ3v) is 3.45. The molecule has 104 valence electrons. The highest BCUT2D eigenvalue weighted by Crippen LogP contribution is 1.95. The van der Waals surface area contributed by atoms with Crippen molar-refractivity contribution in [2.75, 3.05) is 45.8 Å². The van der Waals surface area contributed by atoms with E-state index in [9.17, 15) is 8.42 Å². The maximum absolute atomic E-state index is 11.4. The Hall–Kier alpha value is -0.210. The second-order valence-corrected chi connectivity index (χ2v) is 5.59. The van der Waals surface area contributed by atoms with Gasteiger partial charge in [0.1, 0.15) is 0 Å². The summed E-state index contributed by atoms with van der Waals surface area (Å²) in [6, 6.07) is 0. The summed E-state index contributed by atoms with van der Waals surface area (Å²) in [6.07, 6.45) is 2.74. The number of methoxy groups -OCH3 is 1. The number of sulfonamides is 1. The van der Waals surface area contributed by atoms with Gasteiger partial charge in [0, 0.05) is 26.8 Å². The topological polar surface area (TPSA) is 90.6 Å². The zero-order valence-electron chi connectivity index (χ0n) is 10.5. The highest BCUT2D eigenvalue weighted by atomic mass is 32.2. The Balaban J connectivity index is 3.44. The lowest BCUT2D eigenvalue weighted by molar-refractivity contribution is 0.156. The standard InChI is InChI=1S/C10H24N2O4S/c1-15-7-4-2-3-6-12-17(13,14)10-9-16-8-5-11/h12H,2-11H2,1H3. The number of rotatable bonds is 12. The van der Waals surface area contributed by atoms with Crippen molar-refractivity contribution in [1.82, 2.24) is 4.72 Å². The predicted octanol–water partition coefficient (Wildman–Crippen LogP) is -0.302. The average molecular weight is 268 g/mol. The molecule has 0 saturated carbocycles. The van der Waals surface area contributed by atoms with Gasteiger partial charge in [-0.05, 0) is 19.3 Å². The number of unbranched alkanes of at least 4 members (excludes halogenated alkanes) is 2. The number of hydrogen-bond acceptors (Lipinski definition) is 5. The lowest BCUT2D eigenvalue weighted by Crippen LogP contribution is -2.29. The summed E-state index contributed by atoms with van der Waals surface area (Å²) in [5, 5.41) is 0. The van der Waals surface area contributed by atoms with Crippen LogP contribution in [0.3, 0.4) is 0 Å². The van der Waals surface area contributed by atoms with Crippen LogP contribution in [-0.2, 0) is 19.5 Å². The lowest BCUT2D eigenvalue weighted by atomic mass is 10.2. The second-order valence-electron chi connectivity index (χ2n) is 3.67. The van der Waals surface area contributed by atoms with Crippen molar-refractivity contribution in [2.45, 2.75) is 19.3 Å². The summed E-state index contributed by atoms with van der Waals surface area (Å²) in [5.74, 6) is -0.00886. The van der Waals surface area contributed by atoms with Crippen molar-refractivity contribution in [3.63, 3.8) is 0 Å². The van der Waals surface area contributed by atoms with Crippen LogP contribution in [0.2, 0.25) is 0 Å². The van der Waals surface area contributed by atoms with Crippen molar-refractivity contribution in [1.29, 1.82) is 0 Å². The minimum absolute atomic E-state index is 0.00886. The molecule has 0 spiro atoms. The molecule has 0 aromatic rings. The van der Waals surface area contributed by atoms with Gasteiger partial charge < -0.3 is 15.2 Å². The molecule has 7 heteroatoms. The summed E-state index contributed by atoms with van der Waals surface area (Å²) in [7, 11) is -1.55. The Morgan fingerprint density at radius 2 is 1.88 bits per heavy atom. The van der Waals surface area contributed by atoms with Crippen LogP contribution in [-0.4, -0.2) is 54.2 Å². The Kier molecular flexibility index (Phi) is 10.8. The van der Waals surface area contributed by atoms with E-state index in [0.29, 0.717) is 19.7 Å². The summed E-state index contributed by atoms with van der Waals surface area (Å²) < 4.78 is 35.3. The molecule has 0 fully saturated rings. The van der Waals surface area contributed by atoms with Crippen molar-refractivity contribution in [3.05, 3.63) is 0 Å². The lowest BCUT2D eigenvalue weighted by Gasteiger charge is -2.06. The van der Waals surface area contributed by atoms with Gasteiger partial charge in [-0.1, -0.05) is 0 Å². The van der Waals surface area contributed by atoms with Crippen LogP contribution in [0.5, 0.6) is 0 Å². The molecule has 0 aromatic heterocycles. The van der Waals surface area contributed by atoms with E-state index in [1.807, 2.05) is 0 Å². The molecule has 0 aliphatic rings. The average Bonchev–Trinajstić information content (AvgIpc) is 2.29. The normalized spacial score (nSPS) is 11.9. The number of ether oxygens (including phenoxy) is 2. The van der Waals surface area contributed by atoms with Crippen LogP contribution >= 0.6 is 0 Å². The molecule has 6 nitrogen and oxygen atoms in total. The Bertz CT molecular complexity index is 257. The third kappa shape index (κ3) is 12.0. The van der Waals surface area contributed by atoms with Crippen LogP contribution in [0.1, 0.15) is 19.3 Å². The van der Waals surface area contributed by atoms with Gasteiger partial charge in [-0.3, -0.25) is 0 Å². The Morgan fingerprint density at radius 3 is 2.53 bits per heavy atom. The van der Waals surface area contributed by atoms with Crippen molar-refractivity contribution < 1.29 is 17.9 Å². The molecule has 0 aliphatic carbocycles. The van der Waals surface area contributed by atoms with Gasteiger partial charge in [0.05, 0.1) is 19.0 Å². The van der Waals surface area contributed by atoms with Crippen molar-refractivity contribution in [2.24, 2.45) is 5.73 Å². The quantitative estimate of drug-likeness (QED) is 0.474. The number of nitrogens with two attached hydrogens (primary N) is 1. The highest BCUT2D eigenvalue weighted by Gasteiger charge is 2.08. The van der Waals surface area contributed by atoms with E-state index in [1.165, 1.54) is 0 Å². The summed E-state index contributed by atoms with van der Waals surface area (Å²) in [4.78, 5) is 0. The molecular formula is C10H24N2O4S. The Morgan fingerprint density at radius 1 is 1.12 bits per heavy atom. The maximum Gasteiger partial charge on any atom is 0.213 e. The minimum atomic E-state index is -3.20. The molecule has 0 radical (unpaired) electrons. The fraction of sp³-hybridized carbons (Fsp3) is 1.00. The molecule has 0 bridgehead atoms. The van der Waals surface area contributed by atoms with Gasteiger partial charge in [0.25, 0.3) is 0 Å². The van der Waals surface area contributed by atoms with Crippen LogP contribution in [0.4, 0.5) is 0 Å². The highest BCUT2D eigenvalue weighted by molar-refractivity contribution is 7.89. The number of hydrogen-bond donors (Lipinski definition) is 2. The van der Waals surface area contributed by atoms with Crippen LogP contribution < -0.4 is 10.5 Å². The molecule has 0 aliphatic heterocycles. The first-order valence-electron chi connectivity index (χ1n) is 5.86. The third-order valence-electron chi connectivity index (χ3n) is 2.11. The van der Waals surface area contributed by atoms with E-state index in [1.54, 1.807) is 7.11 Å². The van der Waals surface area contributed by atoms with E-state index >= 15 is 0 Å². The van der Waals surface area contributed by atoms with Crippen LogP contribution in [0, 0.1) is 0 Å². The summed E-state index contributed by atoms with van der Waals surface area (Å²) in [5.41, 5.74) is 5.22. The first kappa shape index (κ1) is 16.8. The second kappa shape index (κ2) is 10.9. The predicted molar refractivity (Wildman–Crippen MR) is 67.4 cm³/mol. The maximum atomic E-state index is 11.4. The van der Waals surface area contributed by atoms with E-state index in [-0.39, 0.29) is 12.4 Å². The molecule has 17 heavy (non-hydrogen) atoms. The van der Waals surface area contributed by atoms with E-state index in [4.69, 9.17) is 15.2 Å². The van der Waals surface area contributed by atoms with Gasteiger partial charge in [-0.15, -0.1) is 0 Å². The monoisotopic (exact) mass is 268 g/mol. The van der Waals surface area contributed by atoms with E-state index < -0.39 is 10.0 Å². The molecule has 0 saturated heterocycles. The smallest absolute Gasteiger partial charge is 0.213 e. The molecule has 0 heterocycles. The van der Waals surface area contributed by atoms with Gasteiger partial charge in [-0.2, -0.15) is 0 Å². The molecule has 0 aromatic carbocycles. The Labute approximate surface area is 104 Å². The molecule has 0 unspecified atom stereocenters. The molecular weight excluding hydrogens is 244 g/mol. The van der Waals surface area contributed by atoms with Crippen LogP contribution in [0.15, 0.2) is 0 Å². The van der Waals surface area contributed by atoms with Gasteiger partial charge >= 0.3 is 0 Å². The zero-order chi connectivity index (χ0) is 13.0. The molecule has 0 rings (SSSR count). The van der Waals surface area contributed by atoms with Crippen molar-refractivity contribution in [3.8, 4) is 0 Å². The first-order chi connectivity index (χ1) is 8.12. The first-order valence-corrected chi connectivity index (χ1v) is 7.51. The zero-order valence-corrected chi connectivity index (χ0v) is 11.3. The van der Waals surface area contributed by atoms with E-state index in [0.717, 1.165) is 25.9 Å². The van der Waals surface area contributed by atoms with Crippen molar-refractivity contribution >= 4 is 10.0 Å². The molecule has 3 N–H and O–H groups in total. The largest absolute Gasteiger partial charge is 0.385 e. The van der Waals surface area contributed by atoms with Gasteiger partial charge in [0.15, 0.2) is 0 Å². The summed E-state index contributed by atoms with van der Waals surface area (Å²) in [6.45, 7) is 2.19. The fourth-order valence-corrected chi connectivity index (χ4v) is 2.14. The molecule has 0 amide bonds. The van der Waals surface area contributed by atoms with Gasteiger partial charge in [-0.25, -0.2) is 13.1 Å². The van der Waals surface area contributed by atoms with Gasteiger partial charge in [0.2, 0.25) is 10.0 Å². The summed E-state index contributed by atoms with van der Waals surface area (Å²) >= 11 is 0. The minimum Gasteiger partial charge on any atom is -0.385 e. The van der Waals surface area contributed by atoms with E-state index in [2.05, 4.69) is 4.72 Å².